The number of likely N-dealkylation sites (N-methyl/N-ethyl adjacent to an activating group) is 1. The van der Waals surface area contributed by atoms with Crippen molar-refractivity contribution in [2.75, 3.05) is 41.0 Å². The Morgan fingerprint density at radius 1 is 0.564 bits per heavy atom. The summed E-state index contributed by atoms with van der Waals surface area (Å²) in [6.07, 6.45) is 44.3. The lowest BCUT2D eigenvalue weighted by molar-refractivity contribution is -0.889. The number of allylic oxidation sites excluding steroid dienone is 8. The van der Waals surface area contributed by atoms with Crippen molar-refractivity contribution < 1.29 is 38.2 Å². The van der Waals surface area contributed by atoms with Crippen LogP contribution in [-0.2, 0) is 28.6 Å². The van der Waals surface area contributed by atoms with E-state index in [4.69, 9.17) is 14.2 Å². The first-order valence-electron chi connectivity index (χ1n) is 22.2. The maximum absolute atomic E-state index is 12.7. The van der Waals surface area contributed by atoms with Gasteiger partial charge in [0.05, 0.1) is 40.3 Å². The number of hydrogen-bond acceptors (Lipinski definition) is 7. The molecule has 0 saturated heterocycles. The van der Waals surface area contributed by atoms with Gasteiger partial charge < -0.3 is 28.6 Å². The van der Waals surface area contributed by atoms with Crippen molar-refractivity contribution in [3.63, 3.8) is 0 Å². The minimum atomic E-state index is -1.13. The largest absolute Gasteiger partial charge is 0.544 e. The van der Waals surface area contributed by atoms with Gasteiger partial charge in [-0.3, -0.25) is 9.59 Å². The SMILES string of the molecule is CCCCCCCC/C=C/C/C=C/CCC(=O)OCC(COCCC(C(=O)[O-])[N+](C)(C)C)OC(=O)CCCCCCC/C=C/C=C/CCCCCCCCC. The molecule has 8 heteroatoms. The molecule has 0 radical (unpaired) electrons. The van der Waals surface area contributed by atoms with Crippen LogP contribution in [0.2, 0.25) is 0 Å². The lowest BCUT2D eigenvalue weighted by atomic mass is 10.1. The Labute approximate surface area is 337 Å². The van der Waals surface area contributed by atoms with E-state index < -0.39 is 18.1 Å². The van der Waals surface area contributed by atoms with E-state index in [0.29, 0.717) is 12.8 Å². The molecule has 0 aromatic heterocycles. The molecule has 318 valence electrons. The molecule has 2 atom stereocenters. The highest BCUT2D eigenvalue weighted by molar-refractivity contribution is 5.70. The average molecular weight is 774 g/mol. The Balaban J connectivity index is 4.44. The number of rotatable bonds is 39. The molecule has 0 saturated carbocycles. The summed E-state index contributed by atoms with van der Waals surface area (Å²) in [5.74, 6) is -1.84. The lowest BCUT2D eigenvalue weighted by Crippen LogP contribution is -2.55. The highest BCUT2D eigenvalue weighted by Crippen LogP contribution is 2.13. The van der Waals surface area contributed by atoms with Gasteiger partial charge in [0.1, 0.15) is 12.6 Å². The third kappa shape index (κ3) is 36.7. The molecule has 0 spiro atoms. The monoisotopic (exact) mass is 774 g/mol. The Bertz CT molecular complexity index is 1040. The van der Waals surface area contributed by atoms with Gasteiger partial charge in [0.25, 0.3) is 0 Å². The third-order valence-electron chi connectivity index (χ3n) is 9.73. The van der Waals surface area contributed by atoms with Crippen molar-refractivity contribution in [2.24, 2.45) is 0 Å². The maximum Gasteiger partial charge on any atom is 0.306 e. The summed E-state index contributed by atoms with van der Waals surface area (Å²) in [5, 5.41) is 11.6. The van der Waals surface area contributed by atoms with Gasteiger partial charge in [-0.25, -0.2) is 0 Å². The second-order valence-electron chi connectivity index (χ2n) is 16.0. The predicted molar refractivity (Wildman–Crippen MR) is 226 cm³/mol. The quantitative estimate of drug-likeness (QED) is 0.0201. The number of carbonyl (C=O) groups is 3. The summed E-state index contributed by atoms with van der Waals surface area (Å²) in [4.78, 5) is 36.8. The number of ether oxygens (including phenoxy) is 3. The zero-order chi connectivity index (χ0) is 40.7. The number of esters is 2. The molecule has 0 bridgehead atoms. The molecule has 0 fully saturated rings. The molecule has 0 aliphatic carbocycles. The Morgan fingerprint density at radius 2 is 1.05 bits per heavy atom. The van der Waals surface area contributed by atoms with Crippen LogP contribution in [0.5, 0.6) is 0 Å². The Kier molecular flexibility index (Phi) is 36.3. The fourth-order valence-electron chi connectivity index (χ4n) is 6.23. The number of quaternary nitrogens is 1. The summed E-state index contributed by atoms with van der Waals surface area (Å²) in [5.41, 5.74) is 0. The van der Waals surface area contributed by atoms with E-state index in [2.05, 4.69) is 56.4 Å². The van der Waals surface area contributed by atoms with Gasteiger partial charge in [-0.1, -0.05) is 152 Å². The van der Waals surface area contributed by atoms with Gasteiger partial charge in [0.15, 0.2) is 6.10 Å². The molecule has 2 unspecified atom stereocenters. The normalized spacial score (nSPS) is 13.4. The number of hydrogen-bond donors (Lipinski definition) is 0. The van der Waals surface area contributed by atoms with Crippen LogP contribution in [0.1, 0.15) is 181 Å². The van der Waals surface area contributed by atoms with E-state index >= 15 is 0 Å². The summed E-state index contributed by atoms with van der Waals surface area (Å²) in [6.45, 7) is 4.56. The van der Waals surface area contributed by atoms with E-state index in [-0.39, 0.29) is 49.1 Å². The van der Waals surface area contributed by atoms with Crippen molar-refractivity contribution in [2.45, 2.75) is 193 Å². The standard InChI is InChI=1S/C47H83NO7/c1-6-8-10-12-14-16-18-20-21-22-23-24-26-28-30-32-34-36-38-46(50)55-43(41-53-40-39-44(47(51)52)48(3,4)5)42-54-45(49)37-35-33-31-29-27-25-19-17-15-13-11-9-7-2/h21-25,27,31,33,43-44H,6-20,26,28-30,32,34-42H2,1-5H3/b22-21+,24-23+,27-25+,33-31+. The summed E-state index contributed by atoms with van der Waals surface area (Å²) >= 11 is 0. The minimum absolute atomic E-state index is 0.0166. The van der Waals surface area contributed by atoms with Crippen molar-refractivity contribution in [3.8, 4) is 0 Å². The molecule has 0 aromatic rings. The van der Waals surface area contributed by atoms with E-state index in [1.165, 1.54) is 83.5 Å². The van der Waals surface area contributed by atoms with Crippen molar-refractivity contribution in [1.29, 1.82) is 0 Å². The van der Waals surface area contributed by atoms with E-state index in [9.17, 15) is 19.5 Å². The molecule has 8 nitrogen and oxygen atoms in total. The van der Waals surface area contributed by atoms with E-state index in [1.807, 2.05) is 6.08 Å². The van der Waals surface area contributed by atoms with E-state index in [1.54, 1.807) is 21.1 Å². The van der Waals surface area contributed by atoms with E-state index in [0.717, 1.165) is 57.8 Å². The van der Waals surface area contributed by atoms with Crippen molar-refractivity contribution >= 4 is 17.9 Å². The highest BCUT2D eigenvalue weighted by atomic mass is 16.6. The van der Waals surface area contributed by atoms with Crippen LogP contribution >= 0.6 is 0 Å². The number of nitrogens with zero attached hydrogens (tertiary/aromatic N) is 1. The van der Waals surface area contributed by atoms with Crippen molar-refractivity contribution in [1.82, 2.24) is 0 Å². The van der Waals surface area contributed by atoms with Crippen LogP contribution in [0.3, 0.4) is 0 Å². The molecular weight excluding hydrogens is 691 g/mol. The highest BCUT2D eigenvalue weighted by Gasteiger charge is 2.25. The Morgan fingerprint density at radius 3 is 1.58 bits per heavy atom. The number of carboxylic acid groups (broad SMARTS) is 1. The zero-order valence-corrected chi connectivity index (χ0v) is 36.1. The van der Waals surface area contributed by atoms with Gasteiger partial charge in [-0.2, -0.15) is 0 Å². The number of unbranched alkanes of at least 4 members (excludes halogenated alkanes) is 18. The molecule has 0 aliphatic heterocycles. The topological polar surface area (TPSA) is 102 Å². The predicted octanol–water partition coefficient (Wildman–Crippen LogP) is 10.7. The first kappa shape index (κ1) is 52.3. The van der Waals surface area contributed by atoms with Gasteiger partial charge in [0, 0.05) is 19.3 Å². The van der Waals surface area contributed by atoms with Crippen molar-refractivity contribution in [3.05, 3.63) is 48.6 Å². The first-order chi connectivity index (χ1) is 26.6. The molecule has 0 heterocycles. The molecule has 0 N–H and O–H groups in total. The van der Waals surface area contributed by atoms with Crippen LogP contribution in [0, 0.1) is 0 Å². The van der Waals surface area contributed by atoms with Crippen LogP contribution in [0.4, 0.5) is 0 Å². The van der Waals surface area contributed by atoms with Gasteiger partial charge in [0.2, 0.25) is 0 Å². The molecule has 0 aromatic carbocycles. The van der Waals surface area contributed by atoms with Crippen LogP contribution < -0.4 is 5.11 Å². The number of aliphatic carboxylic acids is 1. The smallest absolute Gasteiger partial charge is 0.306 e. The summed E-state index contributed by atoms with van der Waals surface area (Å²) < 4.78 is 17.1. The van der Waals surface area contributed by atoms with Gasteiger partial charge in [-0.15, -0.1) is 0 Å². The Hall–Kier alpha value is -2.71. The fourth-order valence-corrected chi connectivity index (χ4v) is 6.23. The number of carbonyl (C=O) groups excluding carboxylic acids is 3. The second-order valence-corrected chi connectivity index (χ2v) is 16.0. The molecule has 55 heavy (non-hydrogen) atoms. The molecule has 0 rings (SSSR count). The number of carboxylic acids is 1. The van der Waals surface area contributed by atoms with Crippen LogP contribution in [-0.4, -0.2) is 75.5 Å². The van der Waals surface area contributed by atoms with Gasteiger partial charge in [-0.05, 0) is 57.8 Å². The summed E-state index contributed by atoms with van der Waals surface area (Å²) in [6, 6.07) is -0.736. The molecule has 0 amide bonds. The minimum Gasteiger partial charge on any atom is -0.544 e. The van der Waals surface area contributed by atoms with Gasteiger partial charge >= 0.3 is 11.9 Å². The third-order valence-corrected chi connectivity index (χ3v) is 9.73. The van der Waals surface area contributed by atoms with Crippen LogP contribution in [0.15, 0.2) is 48.6 Å². The zero-order valence-electron chi connectivity index (χ0n) is 36.1. The molecule has 0 aliphatic rings. The van der Waals surface area contributed by atoms with Crippen LogP contribution in [0.25, 0.3) is 0 Å². The fraction of sp³-hybridized carbons (Fsp3) is 0.766. The average Bonchev–Trinajstić information content (AvgIpc) is 3.14. The maximum atomic E-state index is 12.7. The first-order valence-corrected chi connectivity index (χ1v) is 22.2. The molecular formula is C47H83NO7. The lowest BCUT2D eigenvalue weighted by Gasteiger charge is -2.34. The second kappa shape index (κ2) is 38.2. The summed E-state index contributed by atoms with van der Waals surface area (Å²) in [7, 11) is 5.38.